The van der Waals surface area contributed by atoms with E-state index < -0.39 is 0 Å². The van der Waals surface area contributed by atoms with Crippen molar-refractivity contribution in [3.05, 3.63) is 24.3 Å². The van der Waals surface area contributed by atoms with Gasteiger partial charge >= 0.3 is 6.03 Å². The van der Waals surface area contributed by atoms with E-state index in [2.05, 4.69) is 16.0 Å². The molecule has 1 atom stereocenters. The molecule has 1 aromatic rings. The quantitative estimate of drug-likeness (QED) is 0.785. The predicted octanol–water partition coefficient (Wildman–Crippen LogP) is 3.18. The van der Waals surface area contributed by atoms with Crippen LogP contribution in [0.5, 0.6) is 0 Å². The second-order valence-corrected chi connectivity index (χ2v) is 6.95. The highest BCUT2D eigenvalue weighted by molar-refractivity contribution is 5.92. The molecule has 0 aliphatic carbocycles. The van der Waals surface area contributed by atoms with Crippen molar-refractivity contribution in [1.29, 1.82) is 0 Å². The van der Waals surface area contributed by atoms with Crippen LogP contribution in [0.3, 0.4) is 0 Å². The Morgan fingerprint density at radius 2 is 1.60 bits per heavy atom. The van der Waals surface area contributed by atoms with Crippen LogP contribution >= 0.6 is 0 Å². The lowest BCUT2D eigenvalue weighted by molar-refractivity contribution is -0.116. The number of urea groups is 1. The summed E-state index contributed by atoms with van der Waals surface area (Å²) in [7, 11) is 0. The lowest BCUT2D eigenvalue weighted by Crippen LogP contribution is -2.35. The summed E-state index contributed by atoms with van der Waals surface area (Å²) in [6.07, 6.45) is 7.28. The fourth-order valence-corrected chi connectivity index (χ4v) is 3.48. The van der Waals surface area contributed by atoms with Crippen LogP contribution in [0.2, 0.25) is 0 Å². The lowest BCUT2D eigenvalue weighted by Gasteiger charge is -2.20. The van der Waals surface area contributed by atoms with E-state index in [4.69, 9.17) is 0 Å². The maximum absolute atomic E-state index is 12.3. The summed E-state index contributed by atoms with van der Waals surface area (Å²) >= 11 is 0. The Morgan fingerprint density at radius 1 is 0.960 bits per heavy atom. The smallest absolute Gasteiger partial charge is 0.321 e. The molecular weight excluding hydrogens is 316 g/mol. The molecule has 1 aromatic carbocycles. The highest BCUT2D eigenvalue weighted by Crippen LogP contribution is 2.17. The third-order valence-electron chi connectivity index (χ3n) is 4.91. The van der Waals surface area contributed by atoms with Crippen molar-refractivity contribution in [3.8, 4) is 0 Å². The third kappa shape index (κ3) is 5.46. The number of carbonyl (C=O) groups is 2. The van der Waals surface area contributed by atoms with Gasteiger partial charge in [0, 0.05) is 36.9 Å². The van der Waals surface area contributed by atoms with Crippen LogP contribution in [0.15, 0.2) is 24.3 Å². The molecule has 2 saturated heterocycles. The predicted molar refractivity (Wildman–Crippen MR) is 99.8 cm³/mol. The first-order valence-corrected chi connectivity index (χ1v) is 9.40. The van der Waals surface area contributed by atoms with E-state index in [1.807, 2.05) is 29.2 Å². The van der Waals surface area contributed by atoms with Gasteiger partial charge in [-0.1, -0.05) is 12.8 Å². The Bertz CT molecular complexity index is 574. The fourth-order valence-electron chi connectivity index (χ4n) is 3.48. The largest absolute Gasteiger partial charge is 0.326 e. The van der Waals surface area contributed by atoms with Crippen molar-refractivity contribution in [2.45, 2.75) is 51.0 Å². The Balaban J connectivity index is 1.47. The Labute approximate surface area is 149 Å². The van der Waals surface area contributed by atoms with Crippen molar-refractivity contribution >= 4 is 23.3 Å². The van der Waals surface area contributed by atoms with Crippen LogP contribution < -0.4 is 16.0 Å². The number of hydrogen-bond donors (Lipinski definition) is 3. The molecule has 0 radical (unpaired) electrons. The molecule has 3 amide bonds. The van der Waals surface area contributed by atoms with E-state index in [1.54, 1.807) is 0 Å². The van der Waals surface area contributed by atoms with Gasteiger partial charge in [-0.05, 0) is 56.5 Å². The first-order chi connectivity index (χ1) is 12.2. The Hall–Kier alpha value is -2.08. The summed E-state index contributed by atoms with van der Waals surface area (Å²) in [4.78, 5) is 26.2. The minimum Gasteiger partial charge on any atom is -0.326 e. The van der Waals surface area contributed by atoms with Crippen LogP contribution in [-0.4, -0.2) is 42.5 Å². The minimum atomic E-state index is -0.0361. The van der Waals surface area contributed by atoms with Crippen molar-refractivity contribution < 1.29 is 9.59 Å². The maximum atomic E-state index is 12.3. The normalized spacial score (nSPS) is 20.8. The number of hydrogen-bond acceptors (Lipinski definition) is 3. The number of anilines is 2. The average Bonchev–Trinajstić information content (AvgIpc) is 2.95. The molecule has 0 spiro atoms. The maximum Gasteiger partial charge on any atom is 0.321 e. The minimum absolute atomic E-state index is 0.0285. The molecule has 6 heteroatoms. The zero-order valence-electron chi connectivity index (χ0n) is 14.7. The second kappa shape index (κ2) is 8.85. The number of rotatable bonds is 4. The number of nitrogens with zero attached hydrogens (tertiary/aromatic N) is 1. The van der Waals surface area contributed by atoms with E-state index in [9.17, 15) is 9.59 Å². The number of carbonyl (C=O) groups excluding carboxylic acids is 2. The molecule has 0 aromatic heterocycles. The molecule has 0 saturated carbocycles. The first kappa shape index (κ1) is 17.7. The van der Waals surface area contributed by atoms with Crippen LogP contribution in [0.25, 0.3) is 0 Å². The summed E-state index contributed by atoms with van der Waals surface area (Å²) in [5, 5.41) is 9.19. The summed E-state index contributed by atoms with van der Waals surface area (Å²) in [6, 6.07) is 7.59. The van der Waals surface area contributed by atoms with Gasteiger partial charge in [0.2, 0.25) is 5.91 Å². The van der Waals surface area contributed by atoms with E-state index in [0.29, 0.717) is 12.5 Å². The molecule has 25 heavy (non-hydrogen) atoms. The monoisotopic (exact) mass is 344 g/mol. The summed E-state index contributed by atoms with van der Waals surface area (Å²) < 4.78 is 0. The highest BCUT2D eigenvalue weighted by Gasteiger charge is 2.18. The zero-order chi connectivity index (χ0) is 17.5. The van der Waals surface area contributed by atoms with Gasteiger partial charge in [0.05, 0.1) is 0 Å². The van der Waals surface area contributed by atoms with Gasteiger partial charge in [-0.15, -0.1) is 0 Å². The van der Waals surface area contributed by atoms with E-state index in [1.165, 1.54) is 12.8 Å². The SMILES string of the molecule is O=C(CC1CCCN1)Nc1ccc(NC(=O)N2CCCCCC2)cc1. The molecule has 2 aliphatic rings. The summed E-state index contributed by atoms with van der Waals surface area (Å²) in [5.74, 6) is 0.0285. The molecule has 1 unspecified atom stereocenters. The molecule has 2 heterocycles. The van der Waals surface area contributed by atoms with Gasteiger partial charge in [0.25, 0.3) is 0 Å². The molecule has 0 bridgehead atoms. The highest BCUT2D eigenvalue weighted by atomic mass is 16.2. The van der Waals surface area contributed by atoms with Gasteiger partial charge in [0.15, 0.2) is 0 Å². The summed E-state index contributed by atoms with van der Waals surface area (Å²) in [6.45, 7) is 2.66. The molecule has 136 valence electrons. The second-order valence-electron chi connectivity index (χ2n) is 6.95. The topological polar surface area (TPSA) is 73.5 Å². The zero-order valence-corrected chi connectivity index (χ0v) is 14.7. The van der Waals surface area contributed by atoms with Crippen molar-refractivity contribution in [3.63, 3.8) is 0 Å². The number of nitrogens with one attached hydrogen (secondary N) is 3. The molecule has 6 nitrogen and oxygen atoms in total. The van der Waals surface area contributed by atoms with Gasteiger partial charge in [-0.3, -0.25) is 4.79 Å². The van der Waals surface area contributed by atoms with Crippen LogP contribution in [-0.2, 0) is 4.79 Å². The third-order valence-corrected chi connectivity index (χ3v) is 4.91. The number of likely N-dealkylation sites (tertiary alicyclic amines) is 1. The lowest BCUT2D eigenvalue weighted by atomic mass is 10.1. The fraction of sp³-hybridized carbons (Fsp3) is 0.579. The van der Waals surface area contributed by atoms with Crippen molar-refractivity contribution in [1.82, 2.24) is 10.2 Å². The van der Waals surface area contributed by atoms with Crippen molar-refractivity contribution in [2.75, 3.05) is 30.3 Å². The number of amides is 3. The van der Waals surface area contributed by atoms with Gasteiger partial charge in [0.1, 0.15) is 0 Å². The molecule has 3 N–H and O–H groups in total. The number of benzene rings is 1. The van der Waals surface area contributed by atoms with Crippen LogP contribution in [0.1, 0.15) is 44.9 Å². The van der Waals surface area contributed by atoms with E-state index in [-0.39, 0.29) is 11.9 Å². The molecule has 3 rings (SSSR count). The molecule has 2 fully saturated rings. The first-order valence-electron chi connectivity index (χ1n) is 9.40. The van der Waals surface area contributed by atoms with Gasteiger partial charge < -0.3 is 20.9 Å². The van der Waals surface area contributed by atoms with E-state index >= 15 is 0 Å². The van der Waals surface area contributed by atoms with Crippen LogP contribution in [0.4, 0.5) is 16.2 Å². The molecule has 2 aliphatic heterocycles. The molecular formula is C19H28N4O2. The van der Waals surface area contributed by atoms with Crippen molar-refractivity contribution in [2.24, 2.45) is 0 Å². The standard InChI is InChI=1S/C19H28N4O2/c24-18(14-17-6-5-11-20-17)21-15-7-9-16(10-8-15)22-19(25)23-12-3-1-2-4-13-23/h7-10,17,20H,1-6,11-14H2,(H,21,24)(H,22,25). The summed E-state index contributed by atoms with van der Waals surface area (Å²) in [5.41, 5.74) is 1.51. The van der Waals surface area contributed by atoms with E-state index in [0.717, 1.165) is 56.7 Å². The van der Waals surface area contributed by atoms with Crippen LogP contribution in [0, 0.1) is 0 Å². The Kier molecular flexibility index (Phi) is 6.28. The van der Waals surface area contributed by atoms with Gasteiger partial charge in [-0.2, -0.15) is 0 Å². The Morgan fingerprint density at radius 3 is 2.20 bits per heavy atom. The van der Waals surface area contributed by atoms with Gasteiger partial charge in [-0.25, -0.2) is 4.79 Å². The average molecular weight is 344 g/mol.